The summed E-state index contributed by atoms with van der Waals surface area (Å²) in [6, 6.07) is 5.73. The lowest BCUT2D eigenvalue weighted by atomic mass is 9.74. The third-order valence-electron chi connectivity index (χ3n) is 4.61. The fourth-order valence-electron chi connectivity index (χ4n) is 3.11. The van der Waals surface area contributed by atoms with E-state index in [-0.39, 0.29) is 17.1 Å². The Morgan fingerprint density at radius 3 is 2.56 bits per heavy atom. The zero-order chi connectivity index (χ0) is 20.1. The van der Waals surface area contributed by atoms with Crippen LogP contribution in [0, 0.1) is 5.82 Å². The molecule has 2 amide bonds. The summed E-state index contributed by atoms with van der Waals surface area (Å²) in [4.78, 5) is 24.3. The molecule has 1 aromatic carbocycles. The Bertz CT molecular complexity index is 666. The average Bonchev–Trinajstić information content (AvgIpc) is 2.58. The van der Waals surface area contributed by atoms with E-state index < -0.39 is 17.7 Å². The Balaban J connectivity index is 2.00. The number of hydrogen-bond acceptors (Lipinski definition) is 4. The second-order valence-electron chi connectivity index (χ2n) is 7.99. The summed E-state index contributed by atoms with van der Waals surface area (Å²) in [7, 11) is 0. The highest BCUT2D eigenvalue weighted by molar-refractivity contribution is 5.85. The molecule has 1 atom stereocenters. The van der Waals surface area contributed by atoms with E-state index in [0.29, 0.717) is 32.6 Å². The van der Waals surface area contributed by atoms with Crippen LogP contribution in [0.15, 0.2) is 24.3 Å². The highest BCUT2D eigenvalue weighted by Crippen LogP contribution is 2.34. The Morgan fingerprint density at radius 1 is 1.30 bits per heavy atom. The van der Waals surface area contributed by atoms with Gasteiger partial charge in [0.2, 0.25) is 5.91 Å². The van der Waals surface area contributed by atoms with Gasteiger partial charge in [-0.05, 0) is 58.2 Å². The first-order chi connectivity index (χ1) is 12.6. The van der Waals surface area contributed by atoms with Crippen molar-refractivity contribution in [1.29, 1.82) is 0 Å². The quantitative estimate of drug-likeness (QED) is 0.824. The summed E-state index contributed by atoms with van der Waals surface area (Å²) < 4.78 is 24.3. The van der Waals surface area contributed by atoms with Crippen LogP contribution < -0.4 is 10.6 Å². The van der Waals surface area contributed by atoms with Crippen molar-refractivity contribution in [3.8, 4) is 0 Å². The maximum absolute atomic E-state index is 13.7. The SMILES string of the molecule is C[C@@H](NC(=O)OC(C)(C)C)C(=O)NCC1(c2cccc(F)c2)CCOCC1. The van der Waals surface area contributed by atoms with Crippen molar-refractivity contribution in [3.05, 3.63) is 35.6 Å². The van der Waals surface area contributed by atoms with Gasteiger partial charge in [0.25, 0.3) is 0 Å². The van der Waals surface area contributed by atoms with E-state index in [9.17, 15) is 14.0 Å². The molecule has 0 spiro atoms. The van der Waals surface area contributed by atoms with Crippen LogP contribution in [-0.2, 0) is 19.7 Å². The van der Waals surface area contributed by atoms with Crippen LogP contribution in [0.25, 0.3) is 0 Å². The molecule has 1 aromatic rings. The second-order valence-corrected chi connectivity index (χ2v) is 7.99. The maximum atomic E-state index is 13.7. The summed E-state index contributed by atoms with van der Waals surface area (Å²) >= 11 is 0. The average molecular weight is 380 g/mol. The zero-order valence-electron chi connectivity index (χ0n) is 16.4. The van der Waals surface area contributed by atoms with Gasteiger partial charge in [0, 0.05) is 25.2 Å². The van der Waals surface area contributed by atoms with Gasteiger partial charge in [-0.25, -0.2) is 9.18 Å². The predicted octanol–water partition coefficient (Wildman–Crippen LogP) is 2.90. The summed E-state index contributed by atoms with van der Waals surface area (Å²) in [6.45, 7) is 8.31. The lowest BCUT2D eigenvalue weighted by Gasteiger charge is -2.38. The number of benzene rings is 1. The Labute approximate surface area is 159 Å². The van der Waals surface area contributed by atoms with Gasteiger partial charge in [0.05, 0.1) is 0 Å². The minimum Gasteiger partial charge on any atom is -0.444 e. The molecule has 0 radical (unpaired) electrons. The minimum absolute atomic E-state index is 0.301. The fraction of sp³-hybridized carbons (Fsp3) is 0.600. The second kappa shape index (κ2) is 8.69. The summed E-state index contributed by atoms with van der Waals surface area (Å²) in [5.74, 6) is -0.618. The number of rotatable bonds is 5. The van der Waals surface area contributed by atoms with Crippen molar-refractivity contribution in [1.82, 2.24) is 10.6 Å². The van der Waals surface area contributed by atoms with Gasteiger partial charge in [-0.3, -0.25) is 4.79 Å². The van der Waals surface area contributed by atoms with Crippen molar-refractivity contribution < 1.29 is 23.5 Å². The van der Waals surface area contributed by atoms with E-state index in [1.807, 2.05) is 6.07 Å². The van der Waals surface area contributed by atoms with Gasteiger partial charge < -0.3 is 20.1 Å². The zero-order valence-corrected chi connectivity index (χ0v) is 16.4. The van der Waals surface area contributed by atoms with E-state index in [1.54, 1.807) is 33.8 Å². The van der Waals surface area contributed by atoms with Crippen molar-refractivity contribution in [3.63, 3.8) is 0 Å². The van der Waals surface area contributed by atoms with Crippen molar-refractivity contribution in [2.45, 2.75) is 57.6 Å². The molecule has 0 saturated carbocycles. The third kappa shape index (κ3) is 6.20. The molecule has 1 aliphatic heterocycles. The van der Waals surface area contributed by atoms with Crippen LogP contribution in [-0.4, -0.2) is 43.4 Å². The monoisotopic (exact) mass is 380 g/mol. The smallest absolute Gasteiger partial charge is 0.408 e. The van der Waals surface area contributed by atoms with Gasteiger partial charge in [-0.1, -0.05) is 12.1 Å². The molecule has 0 aromatic heterocycles. The van der Waals surface area contributed by atoms with E-state index in [2.05, 4.69) is 10.6 Å². The van der Waals surface area contributed by atoms with Crippen LogP contribution in [0.4, 0.5) is 9.18 Å². The number of hydrogen-bond donors (Lipinski definition) is 2. The number of carbonyl (C=O) groups is 2. The van der Waals surface area contributed by atoms with Gasteiger partial charge in [0.15, 0.2) is 0 Å². The highest BCUT2D eigenvalue weighted by atomic mass is 19.1. The lowest BCUT2D eigenvalue weighted by Crippen LogP contribution is -2.51. The first-order valence-electron chi connectivity index (χ1n) is 9.22. The van der Waals surface area contributed by atoms with E-state index in [0.717, 1.165) is 5.56 Å². The van der Waals surface area contributed by atoms with Crippen LogP contribution in [0.3, 0.4) is 0 Å². The fourth-order valence-corrected chi connectivity index (χ4v) is 3.11. The Kier molecular flexibility index (Phi) is 6.81. The largest absolute Gasteiger partial charge is 0.444 e. The molecule has 0 aliphatic carbocycles. The molecule has 1 heterocycles. The molecule has 2 rings (SSSR count). The van der Waals surface area contributed by atoms with Crippen molar-refractivity contribution in [2.24, 2.45) is 0 Å². The van der Waals surface area contributed by atoms with E-state index in [1.165, 1.54) is 12.1 Å². The normalized spacial score (nSPS) is 17.7. The standard InChI is InChI=1S/C20H29FN2O4/c1-14(23-18(25)27-19(2,3)4)17(24)22-13-20(8-10-26-11-9-20)15-6-5-7-16(21)12-15/h5-7,12,14H,8-11,13H2,1-4H3,(H,22,24)(H,23,25)/t14-/m1/s1. The summed E-state index contributed by atoms with van der Waals surface area (Å²) in [6.07, 6.45) is 0.728. The minimum atomic E-state index is -0.746. The topological polar surface area (TPSA) is 76.7 Å². The number of ether oxygens (including phenoxy) is 2. The van der Waals surface area contributed by atoms with Gasteiger partial charge in [-0.2, -0.15) is 0 Å². The highest BCUT2D eigenvalue weighted by Gasteiger charge is 2.35. The number of alkyl carbamates (subject to hydrolysis) is 1. The molecular formula is C20H29FN2O4. The van der Waals surface area contributed by atoms with Gasteiger partial charge in [-0.15, -0.1) is 0 Å². The molecule has 27 heavy (non-hydrogen) atoms. The summed E-state index contributed by atoms with van der Waals surface area (Å²) in [5, 5.41) is 5.42. The Hall–Kier alpha value is -2.15. The van der Waals surface area contributed by atoms with Crippen LogP contribution in [0.1, 0.15) is 46.1 Å². The maximum Gasteiger partial charge on any atom is 0.408 e. The molecule has 1 saturated heterocycles. The lowest BCUT2D eigenvalue weighted by molar-refractivity contribution is -0.123. The molecule has 2 N–H and O–H groups in total. The van der Waals surface area contributed by atoms with Crippen LogP contribution in [0.5, 0.6) is 0 Å². The molecule has 150 valence electrons. The molecule has 6 nitrogen and oxygen atoms in total. The van der Waals surface area contributed by atoms with Crippen LogP contribution >= 0.6 is 0 Å². The first-order valence-corrected chi connectivity index (χ1v) is 9.22. The molecular weight excluding hydrogens is 351 g/mol. The van der Waals surface area contributed by atoms with Crippen LogP contribution in [0.2, 0.25) is 0 Å². The molecule has 1 fully saturated rings. The molecule has 7 heteroatoms. The first kappa shape index (κ1) is 21.2. The number of amides is 2. The van der Waals surface area contributed by atoms with Gasteiger partial charge >= 0.3 is 6.09 Å². The molecule has 0 bridgehead atoms. The Morgan fingerprint density at radius 2 is 1.96 bits per heavy atom. The third-order valence-corrected chi connectivity index (χ3v) is 4.61. The van der Waals surface area contributed by atoms with Gasteiger partial charge in [0.1, 0.15) is 17.5 Å². The predicted molar refractivity (Wildman–Crippen MR) is 100.0 cm³/mol. The number of nitrogens with one attached hydrogen (secondary N) is 2. The number of halogens is 1. The van der Waals surface area contributed by atoms with Crippen molar-refractivity contribution >= 4 is 12.0 Å². The molecule has 0 unspecified atom stereocenters. The molecule has 1 aliphatic rings. The van der Waals surface area contributed by atoms with E-state index in [4.69, 9.17) is 9.47 Å². The number of carbonyl (C=O) groups excluding carboxylic acids is 2. The van der Waals surface area contributed by atoms with Crippen molar-refractivity contribution in [2.75, 3.05) is 19.8 Å². The summed E-state index contributed by atoms with van der Waals surface area (Å²) in [5.41, 5.74) is -0.176. The van der Waals surface area contributed by atoms with E-state index >= 15 is 0 Å².